The fraction of sp³-hybridized carbons (Fsp3) is 0.750. The molecule has 16 heavy (non-hydrogen) atoms. The van der Waals surface area contributed by atoms with Crippen LogP contribution in [0.4, 0.5) is 0 Å². The minimum atomic E-state index is 0.262. The van der Waals surface area contributed by atoms with Gasteiger partial charge < -0.3 is 4.52 Å². The number of ketones is 1. The molecule has 1 saturated carbocycles. The first-order valence-electron chi connectivity index (χ1n) is 5.93. The van der Waals surface area contributed by atoms with E-state index >= 15 is 0 Å². The van der Waals surface area contributed by atoms with Crippen molar-refractivity contribution in [1.29, 1.82) is 0 Å². The van der Waals surface area contributed by atoms with Crippen LogP contribution in [0.25, 0.3) is 0 Å². The largest absolute Gasteiger partial charge is 0.339 e. The van der Waals surface area contributed by atoms with Crippen molar-refractivity contribution in [2.75, 3.05) is 0 Å². The summed E-state index contributed by atoms with van der Waals surface area (Å²) >= 11 is 0. The third-order valence-corrected chi connectivity index (χ3v) is 3.26. The van der Waals surface area contributed by atoms with E-state index in [1.54, 1.807) is 0 Å². The standard InChI is InChI=1S/C12H18N2O2/c1-7(2)11-13-12(16-14-11)10-5-4-9(15)6-8(10)3/h7-8,10H,4-6H2,1-3H3. The Morgan fingerprint density at radius 1 is 1.44 bits per heavy atom. The monoisotopic (exact) mass is 222 g/mol. The van der Waals surface area contributed by atoms with E-state index in [0.29, 0.717) is 30.4 Å². The SMILES string of the molecule is CC(C)c1noc(C2CCC(=O)CC2C)n1. The molecule has 1 heterocycles. The van der Waals surface area contributed by atoms with Gasteiger partial charge in [0.1, 0.15) is 5.78 Å². The first kappa shape index (κ1) is 11.3. The molecule has 1 aliphatic carbocycles. The van der Waals surface area contributed by atoms with Crippen LogP contribution in [-0.4, -0.2) is 15.9 Å². The fourth-order valence-corrected chi connectivity index (χ4v) is 2.20. The highest BCUT2D eigenvalue weighted by molar-refractivity contribution is 5.79. The van der Waals surface area contributed by atoms with Gasteiger partial charge in [-0.05, 0) is 12.3 Å². The second-order valence-electron chi connectivity index (χ2n) is 5.01. The first-order valence-corrected chi connectivity index (χ1v) is 5.93. The van der Waals surface area contributed by atoms with Crippen LogP contribution in [0.3, 0.4) is 0 Å². The summed E-state index contributed by atoms with van der Waals surface area (Å²) in [4.78, 5) is 15.7. The number of carbonyl (C=O) groups is 1. The normalized spacial score (nSPS) is 26.4. The Kier molecular flexibility index (Phi) is 3.08. The molecule has 0 N–H and O–H groups in total. The second kappa shape index (κ2) is 4.36. The van der Waals surface area contributed by atoms with Gasteiger partial charge in [-0.3, -0.25) is 4.79 Å². The summed E-state index contributed by atoms with van der Waals surface area (Å²) in [6, 6.07) is 0. The summed E-state index contributed by atoms with van der Waals surface area (Å²) in [7, 11) is 0. The number of nitrogens with zero attached hydrogens (tertiary/aromatic N) is 2. The van der Waals surface area contributed by atoms with Crippen LogP contribution in [0, 0.1) is 5.92 Å². The molecule has 1 aliphatic rings. The lowest BCUT2D eigenvalue weighted by Crippen LogP contribution is -2.21. The summed E-state index contributed by atoms with van der Waals surface area (Å²) in [5.74, 6) is 2.70. The summed E-state index contributed by atoms with van der Waals surface area (Å²) in [5, 5.41) is 3.97. The van der Waals surface area contributed by atoms with E-state index in [-0.39, 0.29) is 11.8 Å². The molecule has 0 amide bonds. The van der Waals surface area contributed by atoms with Gasteiger partial charge >= 0.3 is 0 Å². The lowest BCUT2D eigenvalue weighted by atomic mass is 9.80. The van der Waals surface area contributed by atoms with Crippen LogP contribution in [0.1, 0.15) is 63.6 Å². The highest BCUT2D eigenvalue weighted by Gasteiger charge is 2.31. The van der Waals surface area contributed by atoms with Crippen molar-refractivity contribution >= 4 is 5.78 Å². The number of carbonyl (C=O) groups excluding carboxylic acids is 1. The van der Waals surface area contributed by atoms with Gasteiger partial charge in [-0.1, -0.05) is 25.9 Å². The molecule has 1 aromatic heterocycles. The van der Waals surface area contributed by atoms with Gasteiger partial charge in [-0.15, -0.1) is 0 Å². The lowest BCUT2D eigenvalue weighted by Gasteiger charge is -2.24. The maximum absolute atomic E-state index is 11.3. The molecule has 0 spiro atoms. The molecule has 88 valence electrons. The van der Waals surface area contributed by atoms with Crippen molar-refractivity contribution in [2.45, 2.75) is 51.9 Å². The van der Waals surface area contributed by atoms with Crippen molar-refractivity contribution in [3.05, 3.63) is 11.7 Å². The van der Waals surface area contributed by atoms with Gasteiger partial charge in [0.2, 0.25) is 5.89 Å². The van der Waals surface area contributed by atoms with Crippen LogP contribution in [0.5, 0.6) is 0 Å². The van der Waals surface area contributed by atoms with Gasteiger partial charge in [-0.25, -0.2) is 0 Å². The Morgan fingerprint density at radius 2 is 2.19 bits per heavy atom. The highest BCUT2D eigenvalue weighted by Crippen LogP contribution is 2.35. The third kappa shape index (κ3) is 2.15. The zero-order valence-corrected chi connectivity index (χ0v) is 10.1. The molecule has 1 fully saturated rings. The number of hydrogen-bond acceptors (Lipinski definition) is 4. The molecule has 0 aliphatic heterocycles. The molecular formula is C12H18N2O2. The number of Topliss-reactive ketones (excluding diaryl/α,β-unsaturated/α-hetero) is 1. The van der Waals surface area contributed by atoms with Gasteiger partial charge in [0.25, 0.3) is 0 Å². The van der Waals surface area contributed by atoms with Crippen molar-refractivity contribution in [3.8, 4) is 0 Å². The average Bonchev–Trinajstić information content (AvgIpc) is 2.66. The number of aromatic nitrogens is 2. The van der Waals surface area contributed by atoms with Crippen LogP contribution < -0.4 is 0 Å². The van der Waals surface area contributed by atoms with Crippen molar-refractivity contribution < 1.29 is 9.32 Å². The van der Waals surface area contributed by atoms with Crippen molar-refractivity contribution in [1.82, 2.24) is 10.1 Å². The molecule has 4 heteroatoms. The van der Waals surface area contributed by atoms with Crippen LogP contribution in [0.2, 0.25) is 0 Å². The van der Waals surface area contributed by atoms with Gasteiger partial charge in [-0.2, -0.15) is 4.98 Å². The van der Waals surface area contributed by atoms with E-state index < -0.39 is 0 Å². The van der Waals surface area contributed by atoms with Gasteiger partial charge in [0, 0.05) is 24.7 Å². The van der Waals surface area contributed by atoms with Crippen LogP contribution in [0.15, 0.2) is 4.52 Å². The minimum absolute atomic E-state index is 0.262. The van der Waals surface area contributed by atoms with Crippen molar-refractivity contribution in [3.63, 3.8) is 0 Å². The minimum Gasteiger partial charge on any atom is -0.339 e. The Balaban J connectivity index is 2.14. The molecule has 2 atom stereocenters. The van der Waals surface area contributed by atoms with Crippen LogP contribution in [-0.2, 0) is 4.79 Å². The quantitative estimate of drug-likeness (QED) is 0.772. The van der Waals surface area contributed by atoms with Crippen molar-refractivity contribution in [2.24, 2.45) is 5.92 Å². The summed E-state index contributed by atoms with van der Waals surface area (Å²) in [6.07, 6.45) is 2.14. The van der Waals surface area contributed by atoms with E-state index in [9.17, 15) is 4.79 Å². The summed E-state index contributed by atoms with van der Waals surface area (Å²) < 4.78 is 5.30. The van der Waals surface area contributed by atoms with E-state index in [2.05, 4.69) is 17.1 Å². The number of hydrogen-bond donors (Lipinski definition) is 0. The van der Waals surface area contributed by atoms with E-state index in [1.807, 2.05) is 13.8 Å². The molecule has 0 bridgehead atoms. The molecule has 4 nitrogen and oxygen atoms in total. The van der Waals surface area contributed by atoms with Crippen LogP contribution >= 0.6 is 0 Å². The average molecular weight is 222 g/mol. The predicted molar refractivity (Wildman–Crippen MR) is 59.2 cm³/mol. The molecule has 0 aromatic carbocycles. The molecule has 2 rings (SSSR count). The first-order chi connectivity index (χ1) is 7.58. The zero-order valence-electron chi connectivity index (χ0n) is 10.1. The van der Waals surface area contributed by atoms with Gasteiger partial charge in [0.05, 0.1) is 0 Å². The molecule has 1 aromatic rings. The number of rotatable bonds is 2. The van der Waals surface area contributed by atoms with E-state index in [1.165, 1.54) is 0 Å². The zero-order chi connectivity index (χ0) is 11.7. The molecule has 2 unspecified atom stereocenters. The summed E-state index contributed by atoms with van der Waals surface area (Å²) in [5.41, 5.74) is 0. The lowest BCUT2D eigenvalue weighted by molar-refractivity contribution is -0.121. The maximum Gasteiger partial charge on any atom is 0.230 e. The van der Waals surface area contributed by atoms with Gasteiger partial charge in [0.15, 0.2) is 5.82 Å². The molecule has 0 saturated heterocycles. The van der Waals surface area contributed by atoms with E-state index in [0.717, 1.165) is 12.2 Å². The summed E-state index contributed by atoms with van der Waals surface area (Å²) in [6.45, 7) is 6.17. The Bertz CT molecular complexity index is 384. The second-order valence-corrected chi connectivity index (χ2v) is 5.01. The molecular weight excluding hydrogens is 204 g/mol. The Hall–Kier alpha value is -1.19. The highest BCUT2D eigenvalue weighted by atomic mass is 16.5. The molecule has 0 radical (unpaired) electrons. The smallest absolute Gasteiger partial charge is 0.230 e. The topological polar surface area (TPSA) is 56.0 Å². The Morgan fingerprint density at radius 3 is 2.75 bits per heavy atom. The van der Waals surface area contributed by atoms with E-state index in [4.69, 9.17) is 4.52 Å². The fourth-order valence-electron chi connectivity index (χ4n) is 2.20. The third-order valence-electron chi connectivity index (χ3n) is 3.26. The predicted octanol–water partition coefficient (Wildman–Crippen LogP) is 2.67. The Labute approximate surface area is 95.4 Å². The maximum atomic E-state index is 11.3.